The Morgan fingerprint density at radius 2 is 2.11 bits per heavy atom. The molecule has 1 unspecified atom stereocenters. The Morgan fingerprint density at radius 3 is 2.53 bits per heavy atom. The van der Waals surface area contributed by atoms with Crippen LogP contribution in [0.3, 0.4) is 0 Å². The van der Waals surface area contributed by atoms with E-state index in [1.807, 2.05) is 0 Å². The minimum Gasteiger partial charge on any atom is -0.467 e. The molecule has 1 N–H and O–H groups in total. The number of esters is 1. The number of alkyl halides is 3. The molecule has 0 aliphatic rings. The summed E-state index contributed by atoms with van der Waals surface area (Å²) in [5, 5.41) is 2.65. The smallest absolute Gasteiger partial charge is 0.416 e. The van der Waals surface area contributed by atoms with Crippen molar-refractivity contribution in [3.8, 4) is 0 Å². The standard InChI is InChI=1S/C12H13ClF3NO2/c1-3-9(11(18)19-2)17-10-5-4-7(6-8(10)13)12(14,15)16/h4-6,9,17H,3H2,1-2H3. The summed E-state index contributed by atoms with van der Waals surface area (Å²) >= 11 is 5.77. The van der Waals surface area contributed by atoms with E-state index in [0.29, 0.717) is 6.42 Å². The first-order chi connectivity index (χ1) is 8.79. The topological polar surface area (TPSA) is 38.3 Å². The van der Waals surface area contributed by atoms with Crippen LogP contribution in [-0.4, -0.2) is 19.1 Å². The molecule has 0 saturated carbocycles. The Bertz CT molecular complexity index is 463. The molecule has 1 aromatic rings. The van der Waals surface area contributed by atoms with E-state index in [1.54, 1.807) is 6.92 Å². The molecular formula is C12H13ClF3NO2. The number of halogens is 4. The van der Waals surface area contributed by atoms with E-state index >= 15 is 0 Å². The lowest BCUT2D eigenvalue weighted by Crippen LogP contribution is -2.30. The fraction of sp³-hybridized carbons (Fsp3) is 0.417. The zero-order valence-electron chi connectivity index (χ0n) is 10.3. The number of anilines is 1. The van der Waals surface area contributed by atoms with Gasteiger partial charge in [0.2, 0.25) is 0 Å². The van der Waals surface area contributed by atoms with Gasteiger partial charge in [0.1, 0.15) is 6.04 Å². The number of rotatable bonds is 4. The van der Waals surface area contributed by atoms with Gasteiger partial charge in [-0.05, 0) is 24.6 Å². The van der Waals surface area contributed by atoms with Crippen LogP contribution >= 0.6 is 11.6 Å². The predicted octanol–water partition coefficient (Wildman–Crippen LogP) is 3.72. The third-order valence-corrected chi connectivity index (χ3v) is 2.83. The van der Waals surface area contributed by atoms with E-state index in [-0.39, 0.29) is 10.7 Å². The Balaban J connectivity index is 2.94. The van der Waals surface area contributed by atoms with Gasteiger partial charge in [-0.3, -0.25) is 0 Å². The molecule has 0 aliphatic heterocycles. The lowest BCUT2D eigenvalue weighted by atomic mass is 10.1. The number of methoxy groups -OCH3 is 1. The summed E-state index contributed by atoms with van der Waals surface area (Å²) in [7, 11) is 1.24. The number of nitrogens with one attached hydrogen (secondary N) is 1. The number of carbonyl (C=O) groups is 1. The van der Waals surface area contributed by atoms with Gasteiger partial charge < -0.3 is 10.1 Å². The fourth-order valence-electron chi connectivity index (χ4n) is 1.47. The second-order valence-electron chi connectivity index (χ2n) is 3.82. The summed E-state index contributed by atoms with van der Waals surface area (Å²) in [4.78, 5) is 11.4. The van der Waals surface area contributed by atoms with E-state index in [4.69, 9.17) is 11.6 Å². The van der Waals surface area contributed by atoms with Crippen molar-refractivity contribution in [1.29, 1.82) is 0 Å². The van der Waals surface area contributed by atoms with E-state index < -0.39 is 23.8 Å². The third kappa shape index (κ3) is 4.02. The van der Waals surface area contributed by atoms with Crippen LogP contribution in [-0.2, 0) is 15.7 Å². The van der Waals surface area contributed by atoms with Gasteiger partial charge in [-0.2, -0.15) is 13.2 Å². The van der Waals surface area contributed by atoms with Gasteiger partial charge in [0.05, 0.1) is 23.4 Å². The first-order valence-electron chi connectivity index (χ1n) is 5.50. The molecule has 3 nitrogen and oxygen atoms in total. The van der Waals surface area contributed by atoms with Crippen molar-refractivity contribution < 1.29 is 22.7 Å². The number of hydrogen-bond acceptors (Lipinski definition) is 3. The van der Waals surface area contributed by atoms with Gasteiger partial charge >= 0.3 is 12.1 Å². The third-order valence-electron chi connectivity index (χ3n) is 2.52. The monoisotopic (exact) mass is 295 g/mol. The Hall–Kier alpha value is -1.43. The van der Waals surface area contributed by atoms with Crippen LogP contribution in [0, 0.1) is 0 Å². The molecule has 0 aliphatic carbocycles. The maximum Gasteiger partial charge on any atom is 0.416 e. The quantitative estimate of drug-likeness (QED) is 0.860. The molecule has 106 valence electrons. The molecule has 7 heteroatoms. The summed E-state index contributed by atoms with van der Waals surface area (Å²) in [5.74, 6) is -0.501. The van der Waals surface area contributed by atoms with Crippen LogP contribution in [0.2, 0.25) is 5.02 Å². The molecule has 0 spiro atoms. The van der Waals surface area contributed by atoms with Crippen LogP contribution in [0.25, 0.3) is 0 Å². The van der Waals surface area contributed by atoms with Crippen molar-refractivity contribution in [2.45, 2.75) is 25.6 Å². The molecule has 0 bridgehead atoms. The van der Waals surface area contributed by atoms with E-state index in [1.165, 1.54) is 13.2 Å². The molecule has 19 heavy (non-hydrogen) atoms. The van der Waals surface area contributed by atoms with Gasteiger partial charge in [0, 0.05) is 0 Å². The average Bonchev–Trinajstić information content (AvgIpc) is 2.35. The minimum atomic E-state index is -4.45. The van der Waals surface area contributed by atoms with Crippen LogP contribution in [0.5, 0.6) is 0 Å². The fourth-order valence-corrected chi connectivity index (χ4v) is 1.70. The molecule has 0 heterocycles. The highest BCUT2D eigenvalue weighted by atomic mass is 35.5. The van der Waals surface area contributed by atoms with E-state index in [9.17, 15) is 18.0 Å². The van der Waals surface area contributed by atoms with Crippen LogP contribution in [0.1, 0.15) is 18.9 Å². The molecule has 0 saturated heterocycles. The van der Waals surface area contributed by atoms with Crippen molar-refractivity contribution in [3.63, 3.8) is 0 Å². The first kappa shape index (κ1) is 15.6. The summed E-state index contributed by atoms with van der Waals surface area (Å²) in [5.41, 5.74) is -0.582. The van der Waals surface area contributed by atoms with Gasteiger partial charge in [0.25, 0.3) is 0 Å². The Labute approximate surface area is 113 Å². The van der Waals surface area contributed by atoms with Crippen molar-refractivity contribution in [3.05, 3.63) is 28.8 Å². The largest absolute Gasteiger partial charge is 0.467 e. The molecule has 1 aromatic carbocycles. The SMILES string of the molecule is CCC(Nc1ccc(C(F)(F)F)cc1Cl)C(=O)OC. The van der Waals surface area contributed by atoms with Gasteiger partial charge in [-0.25, -0.2) is 4.79 Å². The highest BCUT2D eigenvalue weighted by Gasteiger charge is 2.31. The number of ether oxygens (including phenoxy) is 1. The summed E-state index contributed by atoms with van der Waals surface area (Å²) in [6, 6.07) is 2.25. The van der Waals surface area contributed by atoms with E-state index in [2.05, 4.69) is 10.1 Å². The van der Waals surface area contributed by atoms with Crippen molar-refractivity contribution in [2.24, 2.45) is 0 Å². The van der Waals surface area contributed by atoms with Crippen molar-refractivity contribution in [2.75, 3.05) is 12.4 Å². The maximum absolute atomic E-state index is 12.5. The second-order valence-corrected chi connectivity index (χ2v) is 4.23. The molecule has 1 rings (SSSR count). The van der Waals surface area contributed by atoms with Gasteiger partial charge in [-0.15, -0.1) is 0 Å². The maximum atomic E-state index is 12.5. The molecule has 0 radical (unpaired) electrons. The minimum absolute atomic E-state index is 0.0998. The number of hydrogen-bond donors (Lipinski definition) is 1. The summed E-state index contributed by atoms with van der Waals surface area (Å²) in [6.45, 7) is 1.74. The summed E-state index contributed by atoms with van der Waals surface area (Å²) < 4.78 is 41.9. The van der Waals surface area contributed by atoms with Crippen molar-refractivity contribution >= 4 is 23.3 Å². The van der Waals surface area contributed by atoms with Gasteiger partial charge in [-0.1, -0.05) is 18.5 Å². The van der Waals surface area contributed by atoms with Crippen LogP contribution < -0.4 is 5.32 Å². The zero-order chi connectivity index (χ0) is 14.6. The zero-order valence-corrected chi connectivity index (χ0v) is 11.1. The van der Waals surface area contributed by atoms with Crippen LogP contribution in [0.15, 0.2) is 18.2 Å². The number of benzene rings is 1. The Kier molecular flexibility index (Phi) is 5.05. The molecule has 1 atom stereocenters. The Morgan fingerprint density at radius 1 is 1.47 bits per heavy atom. The lowest BCUT2D eigenvalue weighted by Gasteiger charge is -2.17. The van der Waals surface area contributed by atoms with Crippen LogP contribution in [0.4, 0.5) is 18.9 Å². The lowest BCUT2D eigenvalue weighted by molar-refractivity contribution is -0.141. The summed E-state index contributed by atoms with van der Waals surface area (Å²) in [6.07, 6.45) is -4.03. The predicted molar refractivity (Wildman–Crippen MR) is 66.2 cm³/mol. The van der Waals surface area contributed by atoms with Gasteiger partial charge in [0.15, 0.2) is 0 Å². The average molecular weight is 296 g/mol. The molecule has 0 aromatic heterocycles. The first-order valence-corrected chi connectivity index (χ1v) is 5.88. The second kappa shape index (κ2) is 6.14. The molecule has 0 fully saturated rings. The molecular weight excluding hydrogens is 283 g/mol. The van der Waals surface area contributed by atoms with Crippen molar-refractivity contribution in [1.82, 2.24) is 0 Å². The highest BCUT2D eigenvalue weighted by molar-refractivity contribution is 6.33. The molecule has 0 amide bonds. The normalized spacial score (nSPS) is 12.9. The van der Waals surface area contributed by atoms with E-state index in [0.717, 1.165) is 12.1 Å². The number of carbonyl (C=O) groups excluding carboxylic acids is 1. The highest BCUT2D eigenvalue weighted by Crippen LogP contribution is 2.34.